The zero-order valence-corrected chi connectivity index (χ0v) is 17.2. The molecule has 0 bridgehead atoms. The monoisotopic (exact) mass is 446 g/mol. The lowest BCUT2D eigenvalue weighted by atomic mass is 9.99. The van der Waals surface area contributed by atoms with Gasteiger partial charge in [0.1, 0.15) is 0 Å². The molecule has 0 aliphatic carbocycles. The van der Waals surface area contributed by atoms with E-state index in [0.717, 1.165) is 32.4 Å². The van der Waals surface area contributed by atoms with Gasteiger partial charge in [0, 0.05) is 21.2 Å². The van der Waals surface area contributed by atoms with Crippen LogP contribution in [0.15, 0.2) is 89.4 Å². The van der Waals surface area contributed by atoms with Crippen LogP contribution in [-0.2, 0) is 17.8 Å². The first kappa shape index (κ1) is 19.2. The minimum Gasteiger partial charge on any atom is -0.481 e. The molecule has 0 atom stereocenters. The first-order chi connectivity index (χ1) is 14.1. The second-order valence-electron chi connectivity index (χ2n) is 6.76. The summed E-state index contributed by atoms with van der Waals surface area (Å²) in [6, 6.07) is 27.7. The Morgan fingerprint density at radius 1 is 0.862 bits per heavy atom. The van der Waals surface area contributed by atoms with Crippen LogP contribution in [0.4, 0.5) is 0 Å². The van der Waals surface area contributed by atoms with Crippen molar-refractivity contribution in [3.63, 3.8) is 0 Å². The van der Waals surface area contributed by atoms with E-state index in [4.69, 9.17) is 5.10 Å². The van der Waals surface area contributed by atoms with Gasteiger partial charge in [0.25, 0.3) is 0 Å². The van der Waals surface area contributed by atoms with Gasteiger partial charge in [0.15, 0.2) is 0 Å². The van der Waals surface area contributed by atoms with Gasteiger partial charge in [0.05, 0.1) is 24.4 Å². The van der Waals surface area contributed by atoms with Gasteiger partial charge < -0.3 is 5.11 Å². The van der Waals surface area contributed by atoms with Crippen LogP contribution >= 0.6 is 15.9 Å². The van der Waals surface area contributed by atoms with Gasteiger partial charge in [-0.1, -0.05) is 88.7 Å². The molecule has 4 rings (SSSR count). The highest BCUT2D eigenvalue weighted by atomic mass is 79.9. The molecule has 1 N–H and O–H groups in total. The number of hydrogen-bond donors (Lipinski definition) is 1. The van der Waals surface area contributed by atoms with Crippen molar-refractivity contribution < 1.29 is 9.90 Å². The van der Waals surface area contributed by atoms with E-state index in [1.54, 1.807) is 0 Å². The van der Waals surface area contributed by atoms with Crippen LogP contribution in [0.3, 0.4) is 0 Å². The third-order valence-corrected chi connectivity index (χ3v) is 5.25. The molecule has 1 heterocycles. The molecule has 144 valence electrons. The van der Waals surface area contributed by atoms with Gasteiger partial charge in [-0.05, 0) is 17.7 Å². The van der Waals surface area contributed by atoms with Gasteiger partial charge in [-0.25, -0.2) is 0 Å². The van der Waals surface area contributed by atoms with Crippen LogP contribution in [0.25, 0.3) is 22.5 Å². The molecule has 0 aliphatic heterocycles. The average molecular weight is 447 g/mol. The number of nitrogens with zero attached hydrogens (tertiary/aromatic N) is 2. The summed E-state index contributed by atoms with van der Waals surface area (Å²) in [4.78, 5) is 11.7. The highest BCUT2D eigenvalue weighted by molar-refractivity contribution is 9.10. The number of carbonyl (C=O) groups is 1. The molecule has 0 unspecified atom stereocenters. The third-order valence-electron chi connectivity index (χ3n) is 4.72. The summed E-state index contributed by atoms with van der Waals surface area (Å²) in [6.45, 7) is 0.553. The molecule has 0 amide bonds. The second kappa shape index (κ2) is 8.45. The fourth-order valence-corrected chi connectivity index (χ4v) is 3.71. The summed E-state index contributed by atoms with van der Waals surface area (Å²) < 4.78 is 2.93. The number of hydrogen-bond acceptors (Lipinski definition) is 2. The topological polar surface area (TPSA) is 55.1 Å². The molecule has 0 spiro atoms. The van der Waals surface area contributed by atoms with Crippen molar-refractivity contribution in [1.29, 1.82) is 0 Å². The third kappa shape index (κ3) is 4.30. The molecule has 0 saturated heterocycles. The van der Waals surface area contributed by atoms with Crippen LogP contribution in [0.2, 0.25) is 0 Å². The second-order valence-corrected chi connectivity index (χ2v) is 7.68. The summed E-state index contributed by atoms with van der Waals surface area (Å²) in [5, 5.41) is 14.5. The number of aliphatic carboxylic acids is 1. The summed E-state index contributed by atoms with van der Waals surface area (Å²) in [6.07, 6.45) is -0.0885. The Morgan fingerprint density at radius 2 is 1.45 bits per heavy atom. The lowest BCUT2D eigenvalue weighted by Gasteiger charge is -2.10. The number of benzene rings is 3. The highest BCUT2D eigenvalue weighted by Gasteiger charge is 2.22. The van der Waals surface area contributed by atoms with E-state index < -0.39 is 5.97 Å². The van der Waals surface area contributed by atoms with Crippen molar-refractivity contribution >= 4 is 21.9 Å². The zero-order chi connectivity index (χ0) is 20.2. The van der Waals surface area contributed by atoms with E-state index in [2.05, 4.69) is 15.9 Å². The molecule has 4 aromatic rings. The zero-order valence-electron chi connectivity index (χ0n) is 15.6. The maximum absolute atomic E-state index is 11.7. The largest absolute Gasteiger partial charge is 0.481 e. The summed E-state index contributed by atoms with van der Waals surface area (Å²) >= 11 is 3.47. The first-order valence-electron chi connectivity index (χ1n) is 9.28. The predicted octanol–water partition coefficient (Wildman–Crippen LogP) is 5.66. The Labute approximate surface area is 177 Å². The van der Waals surface area contributed by atoms with E-state index in [1.807, 2.05) is 89.6 Å². The van der Waals surface area contributed by atoms with E-state index in [-0.39, 0.29) is 6.42 Å². The van der Waals surface area contributed by atoms with Crippen molar-refractivity contribution in [2.45, 2.75) is 13.0 Å². The molecule has 4 nitrogen and oxygen atoms in total. The Kier molecular flexibility index (Phi) is 5.58. The van der Waals surface area contributed by atoms with Gasteiger partial charge in [-0.15, -0.1) is 0 Å². The van der Waals surface area contributed by atoms with E-state index >= 15 is 0 Å². The first-order valence-corrected chi connectivity index (χ1v) is 10.1. The van der Waals surface area contributed by atoms with Crippen LogP contribution in [-0.4, -0.2) is 20.9 Å². The maximum Gasteiger partial charge on any atom is 0.307 e. The van der Waals surface area contributed by atoms with Gasteiger partial charge in [-0.2, -0.15) is 5.10 Å². The number of halogens is 1. The molecule has 5 heteroatoms. The minimum atomic E-state index is -0.873. The predicted molar refractivity (Wildman–Crippen MR) is 118 cm³/mol. The smallest absolute Gasteiger partial charge is 0.307 e. The normalized spacial score (nSPS) is 10.8. The van der Waals surface area contributed by atoms with Crippen LogP contribution < -0.4 is 0 Å². The summed E-state index contributed by atoms with van der Waals surface area (Å²) in [7, 11) is 0. The molecular formula is C24H19BrN2O2. The Hall–Kier alpha value is -3.18. The molecule has 0 saturated carbocycles. The van der Waals surface area contributed by atoms with Crippen LogP contribution in [0, 0.1) is 0 Å². The van der Waals surface area contributed by atoms with E-state index in [0.29, 0.717) is 12.2 Å². The molecule has 3 aromatic carbocycles. The van der Waals surface area contributed by atoms with Crippen LogP contribution in [0.5, 0.6) is 0 Å². The standard InChI is InChI=1S/C24H19BrN2O2/c25-20-13-11-17(12-14-20)16-27-24(19-9-5-2-6-10-19)21(15-22(28)29)23(26-27)18-7-3-1-4-8-18/h1-14H,15-16H2,(H,28,29). The fraction of sp³-hybridized carbons (Fsp3) is 0.0833. The Balaban J connectivity index is 1.91. The van der Waals surface area contributed by atoms with Crippen LogP contribution in [0.1, 0.15) is 11.1 Å². The lowest BCUT2D eigenvalue weighted by Crippen LogP contribution is -2.06. The Morgan fingerprint density at radius 3 is 2.03 bits per heavy atom. The highest BCUT2D eigenvalue weighted by Crippen LogP contribution is 2.33. The molecule has 0 aliphatic rings. The minimum absolute atomic E-state index is 0.0885. The summed E-state index contributed by atoms with van der Waals surface area (Å²) in [5.41, 5.74) is 5.24. The van der Waals surface area contributed by atoms with Crippen molar-refractivity contribution in [2.75, 3.05) is 0 Å². The maximum atomic E-state index is 11.7. The van der Waals surface area contributed by atoms with Crippen molar-refractivity contribution in [1.82, 2.24) is 9.78 Å². The number of carboxylic acid groups (broad SMARTS) is 1. The van der Waals surface area contributed by atoms with Gasteiger partial charge in [-0.3, -0.25) is 9.48 Å². The van der Waals surface area contributed by atoms with Crippen molar-refractivity contribution in [3.05, 3.63) is 101 Å². The van der Waals surface area contributed by atoms with E-state index in [1.165, 1.54) is 0 Å². The average Bonchev–Trinajstić information content (AvgIpc) is 3.08. The molecular weight excluding hydrogens is 428 g/mol. The van der Waals surface area contributed by atoms with Gasteiger partial charge in [0.2, 0.25) is 0 Å². The van der Waals surface area contributed by atoms with Gasteiger partial charge >= 0.3 is 5.97 Å². The lowest BCUT2D eigenvalue weighted by molar-refractivity contribution is -0.136. The van der Waals surface area contributed by atoms with E-state index in [9.17, 15) is 9.90 Å². The number of carboxylic acids is 1. The summed E-state index contributed by atoms with van der Waals surface area (Å²) in [5.74, 6) is -0.873. The molecule has 29 heavy (non-hydrogen) atoms. The number of rotatable bonds is 6. The quantitative estimate of drug-likeness (QED) is 0.415. The number of aromatic nitrogens is 2. The van der Waals surface area contributed by atoms with Crippen molar-refractivity contribution in [2.24, 2.45) is 0 Å². The fourth-order valence-electron chi connectivity index (χ4n) is 3.44. The molecule has 0 fully saturated rings. The molecule has 1 aromatic heterocycles. The SMILES string of the molecule is O=C(O)Cc1c(-c2ccccc2)nn(Cc2ccc(Br)cc2)c1-c1ccccc1. The molecule has 0 radical (unpaired) electrons. The van der Waals surface area contributed by atoms with Crippen molar-refractivity contribution in [3.8, 4) is 22.5 Å². The Bertz CT molecular complexity index is 1120.